The van der Waals surface area contributed by atoms with E-state index in [9.17, 15) is 0 Å². The minimum absolute atomic E-state index is 0.205. The van der Waals surface area contributed by atoms with Crippen LogP contribution in [0, 0.1) is 0 Å². The smallest absolute Gasteiger partial charge is 0.232 e. The fourth-order valence-electron chi connectivity index (χ4n) is 2.80. The third kappa shape index (κ3) is 3.12. The molecule has 0 aliphatic carbocycles. The molecular formula is C19H14N4O4S. The van der Waals surface area contributed by atoms with E-state index in [4.69, 9.17) is 18.3 Å². The second-order valence-electron chi connectivity index (χ2n) is 5.79. The number of nitrogens with one attached hydrogen (secondary N) is 1. The number of H-pyrrole nitrogens is 1. The summed E-state index contributed by atoms with van der Waals surface area (Å²) in [5.74, 6) is 2.31. The van der Waals surface area contributed by atoms with Crippen molar-refractivity contribution in [3.8, 4) is 22.1 Å². The molecule has 0 radical (unpaired) electrons. The summed E-state index contributed by atoms with van der Waals surface area (Å²) < 4.78 is 23.5. The van der Waals surface area contributed by atoms with Crippen molar-refractivity contribution in [1.29, 1.82) is 0 Å². The van der Waals surface area contributed by atoms with Crippen LogP contribution in [0.1, 0.15) is 11.8 Å². The highest BCUT2D eigenvalue weighted by atomic mass is 32.1. The molecule has 8 nitrogen and oxygen atoms in total. The van der Waals surface area contributed by atoms with Crippen molar-refractivity contribution in [1.82, 2.24) is 20.2 Å². The number of fused-ring (bicyclic) bond motifs is 1. The third-order valence-corrected chi connectivity index (χ3v) is 5.21. The zero-order chi connectivity index (χ0) is 18.8. The molecule has 0 atom stereocenters. The molecule has 0 saturated carbocycles. The molecule has 5 aromatic rings. The SMILES string of the molecule is c1ccc2c(OCc3ncco3)c(-c3[nH]ncc3OCc3ncco3)sc2c1. The van der Waals surface area contributed by atoms with Gasteiger partial charge in [0.2, 0.25) is 11.8 Å². The predicted molar refractivity (Wildman–Crippen MR) is 101 cm³/mol. The van der Waals surface area contributed by atoms with Crippen molar-refractivity contribution in [2.45, 2.75) is 13.2 Å². The molecule has 9 heteroatoms. The highest BCUT2D eigenvalue weighted by Crippen LogP contribution is 2.46. The predicted octanol–water partition coefficient (Wildman–Crippen LogP) is 4.43. The van der Waals surface area contributed by atoms with Gasteiger partial charge in [-0.1, -0.05) is 12.1 Å². The van der Waals surface area contributed by atoms with Crippen molar-refractivity contribution in [2.24, 2.45) is 0 Å². The molecule has 0 saturated heterocycles. The molecule has 0 amide bonds. The van der Waals surface area contributed by atoms with Crippen molar-refractivity contribution in [3.63, 3.8) is 0 Å². The zero-order valence-electron chi connectivity index (χ0n) is 14.5. The number of rotatable bonds is 7. The monoisotopic (exact) mass is 394 g/mol. The van der Waals surface area contributed by atoms with Gasteiger partial charge in [0.15, 0.2) is 19.0 Å². The summed E-state index contributed by atoms with van der Waals surface area (Å²) >= 11 is 1.59. The van der Waals surface area contributed by atoms with Crippen LogP contribution in [0.15, 0.2) is 64.2 Å². The normalized spacial score (nSPS) is 11.1. The topological polar surface area (TPSA) is 99.2 Å². The molecular weight excluding hydrogens is 380 g/mol. The molecule has 5 rings (SSSR count). The maximum absolute atomic E-state index is 6.08. The molecule has 0 aliphatic rings. The van der Waals surface area contributed by atoms with Crippen LogP contribution < -0.4 is 9.47 Å². The fraction of sp³-hybridized carbons (Fsp3) is 0.105. The van der Waals surface area contributed by atoms with Gasteiger partial charge in [0.05, 0.1) is 23.5 Å². The third-order valence-electron chi connectivity index (χ3n) is 4.04. The Morgan fingerprint density at radius 2 is 1.71 bits per heavy atom. The summed E-state index contributed by atoms with van der Waals surface area (Å²) in [6, 6.07) is 8.03. The minimum Gasteiger partial charge on any atom is -0.482 e. The van der Waals surface area contributed by atoms with Crippen LogP contribution in [0.3, 0.4) is 0 Å². The van der Waals surface area contributed by atoms with E-state index in [1.807, 2.05) is 24.3 Å². The Morgan fingerprint density at radius 3 is 2.46 bits per heavy atom. The number of ether oxygens (including phenoxy) is 2. The van der Waals surface area contributed by atoms with E-state index in [1.54, 1.807) is 29.9 Å². The summed E-state index contributed by atoms with van der Waals surface area (Å²) in [6.45, 7) is 0.429. The maximum Gasteiger partial charge on any atom is 0.232 e. The molecule has 0 aliphatic heterocycles. The van der Waals surface area contributed by atoms with Gasteiger partial charge in [-0.25, -0.2) is 9.97 Å². The second kappa shape index (κ2) is 7.20. The van der Waals surface area contributed by atoms with E-state index in [2.05, 4.69) is 20.2 Å². The first-order chi connectivity index (χ1) is 13.9. The van der Waals surface area contributed by atoms with Crippen LogP contribution in [0.2, 0.25) is 0 Å². The number of hydrogen-bond donors (Lipinski definition) is 1. The number of hydrogen-bond acceptors (Lipinski definition) is 8. The van der Waals surface area contributed by atoms with E-state index >= 15 is 0 Å². The van der Waals surface area contributed by atoms with Gasteiger partial charge >= 0.3 is 0 Å². The molecule has 1 N–H and O–H groups in total. The van der Waals surface area contributed by atoms with Crippen LogP contribution in [0.25, 0.3) is 20.7 Å². The van der Waals surface area contributed by atoms with Gasteiger partial charge in [-0.05, 0) is 12.1 Å². The zero-order valence-corrected chi connectivity index (χ0v) is 15.3. The Bertz CT molecular complexity index is 1180. The fourth-order valence-corrected chi connectivity index (χ4v) is 3.95. The quantitative estimate of drug-likeness (QED) is 0.436. The summed E-state index contributed by atoms with van der Waals surface area (Å²) in [7, 11) is 0. The number of aromatic nitrogens is 4. The molecule has 0 fully saturated rings. The average molecular weight is 394 g/mol. The molecule has 0 unspecified atom stereocenters. The lowest BCUT2D eigenvalue weighted by molar-refractivity contribution is 0.262. The number of aromatic amines is 1. The van der Waals surface area contributed by atoms with Crippen LogP contribution in [0.5, 0.6) is 11.5 Å². The van der Waals surface area contributed by atoms with Gasteiger partial charge < -0.3 is 18.3 Å². The number of nitrogens with zero attached hydrogens (tertiary/aromatic N) is 3. The Hall–Kier alpha value is -3.59. The van der Waals surface area contributed by atoms with Gasteiger partial charge in [0.25, 0.3) is 0 Å². The maximum atomic E-state index is 6.08. The lowest BCUT2D eigenvalue weighted by Crippen LogP contribution is -1.98. The Balaban J connectivity index is 1.50. The second-order valence-corrected chi connectivity index (χ2v) is 6.85. The Morgan fingerprint density at radius 1 is 0.964 bits per heavy atom. The lowest BCUT2D eigenvalue weighted by Gasteiger charge is -2.07. The van der Waals surface area contributed by atoms with E-state index in [1.165, 1.54) is 12.5 Å². The van der Waals surface area contributed by atoms with Gasteiger partial charge in [-0.15, -0.1) is 11.3 Å². The average Bonchev–Trinajstić information content (AvgIpc) is 3.52. The standard InChI is InChI=1S/C19H14N4O4S/c1-2-4-14-12(3-1)18(27-11-16-21-6-8-25-16)19(28-14)17-13(9-22-23-17)26-10-15-20-5-7-24-15/h1-9H,10-11H2,(H,22,23). The van der Waals surface area contributed by atoms with Crippen LogP contribution in [-0.4, -0.2) is 20.2 Å². The van der Waals surface area contributed by atoms with Crippen LogP contribution >= 0.6 is 11.3 Å². The molecule has 4 heterocycles. The number of oxazole rings is 2. The largest absolute Gasteiger partial charge is 0.482 e. The van der Waals surface area contributed by atoms with Gasteiger partial charge in [-0.2, -0.15) is 5.10 Å². The molecule has 140 valence electrons. The number of thiophene rings is 1. The van der Waals surface area contributed by atoms with Crippen LogP contribution in [0.4, 0.5) is 0 Å². The van der Waals surface area contributed by atoms with E-state index in [-0.39, 0.29) is 13.2 Å². The van der Waals surface area contributed by atoms with Crippen molar-refractivity contribution in [2.75, 3.05) is 0 Å². The molecule has 0 bridgehead atoms. The van der Waals surface area contributed by atoms with Crippen molar-refractivity contribution >= 4 is 21.4 Å². The van der Waals surface area contributed by atoms with Crippen molar-refractivity contribution in [3.05, 3.63) is 67.2 Å². The first kappa shape index (κ1) is 16.6. The Labute approximate surface area is 162 Å². The summed E-state index contributed by atoms with van der Waals surface area (Å²) in [4.78, 5) is 9.06. The highest BCUT2D eigenvalue weighted by Gasteiger charge is 2.21. The van der Waals surface area contributed by atoms with Gasteiger partial charge in [-0.3, -0.25) is 5.10 Å². The Kier molecular flexibility index (Phi) is 4.26. The van der Waals surface area contributed by atoms with E-state index in [0.717, 1.165) is 26.4 Å². The van der Waals surface area contributed by atoms with Crippen LogP contribution in [-0.2, 0) is 13.2 Å². The summed E-state index contributed by atoms with van der Waals surface area (Å²) in [5.41, 5.74) is 0.732. The van der Waals surface area contributed by atoms with E-state index < -0.39 is 0 Å². The van der Waals surface area contributed by atoms with Gasteiger partial charge in [0, 0.05) is 10.1 Å². The van der Waals surface area contributed by atoms with Crippen molar-refractivity contribution < 1.29 is 18.3 Å². The molecule has 1 aromatic carbocycles. The first-order valence-electron chi connectivity index (χ1n) is 8.46. The molecule has 4 aromatic heterocycles. The first-order valence-corrected chi connectivity index (χ1v) is 9.28. The lowest BCUT2D eigenvalue weighted by atomic mass is 10.2. The highest BCUT2D eigenvalue weighted by molar-refractivity contribution is 7.22. The molecule has 28 heavy (non-hydrogen) atoms. The minimum atomic E-state index is 0.205. The number of benzene rings is 1. The molecule has 0 spiro atoms. The summed E-state index contributed by atoms with van der Waals surface area (Å²) in [6.07, 6.45) is 7.83. The van der Waals surface area contributed by atoms with E-state index in [0.29, 0.717) is 17.5 Å². The summed E-state index contributed by atoms with van der Waals surface area (Å²) in [5, 5.41) is 8.15. The van der Waals surface area contributed by atoms with Gasteiger partial charge in [0.1, 0.15) is 24.0 Å².